The van der Waals surface area contributed by atoms with Gasteiger partial charge in [-0.1, -0.05) is 42.8 Å². The highest BCUT2D eigenvalue weighted by Gasteiger charge is 2.10. The molecule has 0 saturated heterocycles. The molecule has 21 heavy (non-hydrogen) atoms. The van der Waals surface area contributed by atoms with Gasteiger partial charge in [-0.25, -0.2) is 13.6 Å². The van der Waals surface area contributed by atoms with Crippen molar-refractivity contribution in [3.63, 3.8) is 0 Å². The van der Waals surface area contributed by atoms with Crippen LogP contribution in [-0.2, 0) is 23.0 Å². The SMILES string of the molecule is CCc1ccc(CNc2cc(S(N)(=O)=O)ccc2Cl)cc1. The molecule has 0 fully saturated rings. The van der Waals surface area contributed by atoms with Gasteiger partial charge in [0.1, 0.15) is 0 Å². The highest BCUT2D eigenvalue weighted by molar-refractivity contribution is 7.89. The van der Waals surface area contributed by atoms with E-state index in [9.17, 15) is 8.42 Å². The Hall–Kier alpha value is -1.56. The van der Waals surface area contributed by atoms with E-state index in [-0.39, 0.29) is 4.90 Å². The lowest BCUT2D eigenvalue weighted by Crippen LogP contribution is -2.12. The van der Waals surface area contributed by atoms with Crippen LogP contribution in [0, 0.1) is 0 Å². The normalized spacial score (nSPS) is 11.4. The van der Waals surface area contributed by atoms with Crippen LogP contribution in [0.15, 0.2) is 47.4 Å². The van der Waals surface area contributed by atoms with Gasteiger partial charge in [-0.3, -0.25) is 0 Å². The number of sulfonamides is 1. The predicted octanol–water partition coefficient (Wildman–Crippen LogP) is 3.16. The van der Waals surface area contributed by atoms with E-state index in [1.807, 2.05) is 12.1 Å². The number of nitrogens with one attached hydrogen (secondary N) is 1. The summed E-state index contributed by atoms with van der Waals surface area (Å²) in [5.41, 5.74) is 2.90. The molecule has 0 heterocycles. The van der Waals surface area contributed by atoms with Crippen LogP contribution in [-0.4, -0.2) is 8.42 Å². The lowest BCUT2D eigenvalue weighted by Gasteiger charge is -2.10. The third-order valence-electron chi connectivity index (χ3n) is 3.18. The van der Waals surface area contributed by atoms with Crippen LogP contribution in [0.1, 0.15) is 18.1 Å². The third kappa shape index (κ3) is 4.20. The van der Waals surface area contributed by atoms with Crippen LogP contribution in [0.4, 0.5) is 5.69 Å². The summed E-state index contributed by atoms with van der Waals surface area (Å²) in [7, 11) is -3.73. The minimum Gasteiger partial charge on any atom is -0.380 e. The Bertz CT molecular complexity index is 728. The predicted molar refractivity (Wildman–Crippen MR) is 86.0 cm³/mol. The first-order valence-electron chi connectivity index (χ1n) is 6.54. The smallest absolute Gasteiger partial charge is 0.238 e. The fraction of sp³-hybridized carbons (Fsp3) is 0.200. The molecule has 0 saturated carbocycles. The summed E-state index contributed by atoms with van der Waals surface area (Å²) in [4.78, 5) is 0.0377. The molecule has 3 N–H and O–H groups in total. The molecule has 0 aromatic heterocycles. The molecule has 0 aliphatic carbocycles. The first kappa shape index (κ1) is 15.8. The Morgan fingerprint density at radius 1 is 1.10 bits per heavy atom. The molecule has 0 unspecified atom stereocenters. The number of primary sulfonamides is 1. The maximum Gasteiger partial charge on any atom is 0.238 e. The summed E-state index contributed by atoms with van der Waals surface area (Å²) in [6.45, 7) is 2.66. The van der Waals surface area contributed by atoms with Gasteiger partial charge in [0, 0.05) is 6.54 Å². The molecule has 112 valence electrons. The number of aryl methyl sites for hydroxylation is 1. The Morgan fingerprint density at radius 3 is 2.29 bits per heavy atom. The first-order valence-corrected chi connectivity index (χ1v) is 8.46. The zero-order chi connectivity index (χ0) is 15.5. The molecule has 4 nitrogen and oxygen atoms in total. The number of benzene rings is 2. The van der Waals surface area contributed by atoms with E-state index in [0.717, 1.165) is 12.0 Å². The Morgan fingerprint density at radius 2 is 1.71 bits per heavy atom. The summed E-state index contributed by atoms with van der Waals surface area (Å²) in [5.74, 6) is 0. The van der Waals surface area contributed by atoms with Gasteiger partial charge in [0.25, 0.3) is 0 Å². The summed E-state index contributed by atoms with van der Waals surface area (Å²) >= 11 is 6.06. The van der Waals surface area contributed by atoms with Gasteiger partial charge in [0.05, 0.1) is 15.6 Å². The van der Waals surface area contributed by atoms with Crippen molar-refractivity contribution in [2.24, 2.45) is 5.14 Å². The second kappa shape index (κ2) is 6.47. The minimum absolute atomic E-state index is 0.0377. The number of rotatable bonds is 5. The maximum absolute atomic E-state index is 11.3. The number of anilines is 1. The van der Waals surface area contributed by atoms with E-state index in [0.29, 0.717) is 17.3 Å². The monoisotopic (exact) mass is 324 g/mol. The molecule has 0 spiro atoms. The summed E-state index contributed by atoms with van der Waals surface area (Å²) in [5, 5.41) is 8.70. The molecular formula is C15H17ClN2O2S. The van der Waals surface area contributed by atoms with Crippen molar-refractivity contribution in [2.75, 3.05) is 5.32 Å². The van der Waals surface area contributed by atoms with Crippen molar-refractivity contribution in [1.29, 1.82) is 0 Å². The van der Waals surface area contributed by atoms with E-state index >= 15 is 0 Å². The van der Waals surface area contributed by atoms with Crippen molar-refractivity contribution in [1.82, 2.24) is 0 Å². The highest BCUT2D eigenvalue weighted by Crippen LogP contribution is 2.25. The van der Waals surface area contributed by atoms with E-state index < -0.39 is 10.0 Å². The number of hydrogen-bond acceptors (Lipinski definition) is 3. The average Bonchev–Trinajstić information content (AvgIpc) is 2.45. The molecule has 2 aromatic rings. The van der Waals surface area contributed by atoms with E-state index in [1.165, 1.54) is 23.8 Å². The average molecular weight is 325 g/mol. The molecule has 0 aliphatic rings. The minimum atomic E-state index is -3.73. The Labute approximate surface area is 130 Å². The van der Waals surface area contributed by atoms with Crippen molar-refractivity contribution in [3.8, 4) is 0 Å². The van der Waals surface area contributed by atoms with Crippen molar-refractivity contribution in [2.45, 2.75) is 24.8 Å². The molecule has 2 aromatic carbocycles. The molecule has 0 atom stereocenters. The zero-order valence-corrected chi connectivity index (χ0v) is 13.2. The third-order valence-corrected chi connectivity index (χ3v) is 4.42. The van der Waals surface area contributed by atoms with Crippen LogP contribution in [0.25, 0.3) is 0 Å². The highest BCUT2D eigenvalue weighted by atomic mass is 35.5. The fourth-order valence-corrected chi connectivity index (χ4v) is 2.63. The fourth-order valence-electron chi connectivity index (χ4n) is 1.91. The lowest BCUT2D eigenvalue weighted by molar-refractivity contribution is 0.598. The molecule has 0 aliphatic heterocycles. The second-order valence-corrected chi connectivity index (χ2v) is 6.68. The van der Waals surface area contributed by atoms with Crippen LogP contribution in [0.5, 0.6) is 0 Å². The molecule has 0 amide bonds. The van der Waals surface area contributed by atoms with Crippen LogP contribution >= 0.6 is 11.6 Å². The zero-order valence-electron chi connectivity index (χ0n) is 11.6. The van der Waals surface area contributed by atoms with Gasteiger partial charge >= 0.3 is 0 Å². The number of nitrogens with two attached hydrogens (primary N) is 1. The van der Waals surface area contributed by atoms with Gasteiger partial charge in [-0.05, 0) is 35.7 Å². The van der Waals surface area contributed by atoms with Gasteiger partial charge in [0.2, 0.25) is 10.0 Å². The standard InChI is InChI=1S/C15H17ClN2O2S/c1-2-11-3-5-12(6-4-11)10-18-15-9-13(21(17,19)20)7-8-14(15)16/h3-9,18H,2,10H2,1H3,(H2,17,19,20). The Kier molecular flexibility index (Phi) is 4.88. The largest absolute Gasteiger partial charge is 0.380 e. The Balaban J connectivity index is 2.15. The summed E-state index contributed by atoms with van der Waals surface area (Å²) < 4.78 is 22.7. The van der Waals surface area contributed by atoms with Crippen molar-refractivity contribution >= 4 is 27.3 Å². The second-order valence-electron chi connectivity index (χ2n) is 4.71. The van der Waals surface area contributed by atoms with Crippen molar-refractivity contribution < 1.29 is 8.42 Å². The molecular weight excluding hydrogens is 308 g/mol. The summed E-state index contributed by atoms with van der Waals surface area (Å²) in [6, 6.07) is 12.5. The summed E-state index contributed by atoms with van der Waals surface area (Å²) in [6.07, 6.45) is 0.996. The topological polar surface area (TPSA) is 72.2 Å². The maximum atomic E-state index is 11.3. The molecule has 0 bridgehead atoms. The quantitative estimate of drug-likeness (QED) is 0.887. The first-order chi connectivity index (χ1) is 9.90. The van der Waals surface area contributed by atoms with Crippen LogP contribution < -0.4 is 10.5 Å². The van der Waals surface area contributed by atoms with Gasteiger partial charge < -0.3 is 5.32 Å². The number of hydrogen-bond donors (Lipinski definition) is 2. The van der Waals surface area contributed by atoms with Crippen LogP contribution in [0.3, 0.4) is 0 Å². The molecule has 0 radical (unpaired) electrons. The van der Waals surface area contributed by atoms with Crippen molar-refractivity contribution in [3.05, 3.63) is 58.6 Å². The van der Waals surface area contributed by atoms with Gasteiger partial charge in [0.15, 0.2) is 0 Å². The van der Waals surface area contributed by atoms with E-state index in [1.54, 1.807) is 0 Å². The van der Waals surface area contributed by atoms with Crippen LogP contribution in [0.2, 0.25) is 5.02 Å². The molecule has 6 heteroatoms. The van der Waals surface area contributed by atoms with Gasteiger partial charge in [-0.15, -0.1) is 0 Å². The van der Waals surface area contributed by atoms with Gasteiger partial charge in [-0.2, -0.15) is 0 Å². The molecule has 2 rings (SSSR count). The lowest BCUT2D eigenvalue weighted by atomic mass is 10.1. The van der Waals surface area contributed by atoms with E-state index in [2.05, 4.69) is 24.4 Å². The van der Waals surface area contributed by atoms with E-state index in [4.69, 9.17) is 16.7 Å². The number of halogens is 1.